The molecule has 0 fully saturated rings. The molecule has 0 heterocycles. The minimum absolute atomic E-state index is 0.593. The molecular weight excluding hydrogens is 208 g/mol. The van der Waals surface area contributed by atoms with Crippen molar-refractivity contribution in [2.45, 2.75) is 6.92 Å². The molecule has 0 aromatic rings. The topological polar surface area (TPSA) is 17.1 Å². The van der Waals surface area contributed by atoms with Crippen molar-refractivity contribution < 1.29 is 4.21 Å². The lowest BCUT2D eigenvalue weighted by Gasteiger charge is -1.91. The minimum atomic E-state index is -0.753. The molecule has 1 unspecified atom stereocenters. The number of hydrogen-bond donors (Lipinski definition) is 0. The van der Waals surface area contributed by atoms with E-state index in [1.165, 1.54) is 0 Å². The first kappa shape index (κ1) is 12.3. The van der Waals surface area contributed by atoms with E-state index in [-0.39, 0.29) is 0 Å². The van der Waals surface area contributed by atoms with Crippen molar-refractivity contribution in [3.8, 4) is 0 Å². The van der Waals surface area contributed by atoms with Gasteiger partial charge in [0.2, 0.25) is 0 Å². The van der Waals surface area contributed by atoms with Crippen molar-refractivity contribution in [3.63, 3.8) is 0 Å². The Kier molecular flexibility index (Phi) is 9.68. The predicted octanol–water partition coefficient (Wildman–Crippen LogP) is 2.84. The molecule has 0 bridgehead atoms. The Morgan fingerprint density at radius 1 is 1.50 bits per heavy atom. The summed E-state index contributed by atoms with van der Waals surface area (Å²) in [4.78, 5) is 0. The van der Waals surface area contributed by atoms with Gasteiger partial charge >= 0.3 is 0 Å². The highest BCUT2D eigenvalue weighted by molar-refractivity contribution is 8.77. The van der Waals surface area contributed by atoms with Gasteiger partial charge in [-0.05, 0) is 5.41 Å². The van der Waals surface area contributed by atoms with Crippen LogP contribution in [-0.4, -0.2) is 21.5 Å². The van der Waals surface area contributed by atoms with E-state index in [2.05, 4.69) is 13.5 Å². The van der Waals surface area contributed by atoms with E-state index >= 15 is 0 Å². The number of hydrogen-bond acceptors (Lipinski definition) is 3. The van der Waals surface area contributed by atoms with Crippen LogP contribution in [0.1, 0.15) is 6.92 Å². The molecule has 0 aliphatic carbocycles. The van der Waals surface area contributed by atoms with Crippen molar-refractivity contribution in [1.29, 1.82) is 0 Å². The average Bonchev–Trinajstić information content (AvgIpc) is 2.05. The van der Waals surface area contributed by atoms with E-state index in [4.69, 9.17) is 0 Å². The zero-order valence-corrected chi connectivity index (χ0v) is 9.64. The molecular formula is C8H14OS3. The molecule has 0 aromatic carbocycles. The third-order valence-corrected chi connectivity index (χ3v) is 4.22. The van der Waals surface area contributed by atoms with Crippen LogP contribution in [0.25, 0.3) is 0 Å². The maximum atomic E-state index is 11.0. The SMILES string of the molecule is C=CCS(=O)C/C=C\SSCC. The molecule has 0 spiro atoms. The summed E-state index contributed by atoms with van der Waals surface area (Å²) in [5.41, 5.74) is 0. The molecule has 0 saturated heterocycles. The predicted molar refractivity (Wildman–Crippen MR) is 62.9 cm³/mol. The molecule has 0 rings (SSSR count). The first-order valence-electron chi connectivity index (χ1n) is 3.70. The first-order valence-corrected chi connectivity index (χ1v) is 7.57. The summed E-state index contributed by atoms with van der Waals surface area (Å²) in [5.74, 6) is 2.34. The monoisotopic (exact) mass is 222 g/mol. The van der Waals surface area contributed by atoms with Gasteiger partial charge in [-0.15, -0.1) is 6.58 Å². The molecule has 0 aromatic heterocycles. The Labute approximate surface area is 84.9 Å². The molecule has 70 valence electrons. The highest BCUT2D eigenvalue weighted by Gasteiger charge is 1.90. The molecule has 1 nitrogen and oxygen atoms in total. The van der Waals surface area contributed by atoms with Crippen LogP contribution in [-0.2, 0) is 10.8 Å². The maximum absolute atomic E-state index is 11.0. The van der Waals surface area contributed by atoms with Gasteiger partial charge in [-0.3, -0.25) is 4.21 Å². The van der Waals surface area contributed by atoms with E-state index in [0.717, 1.165) is 5.75 Å². The Bertz CT molecular complexity index is 166. The van der Waals surface area contributed by atoms with Crippen molar-refractivity contribution in [2.75, 3.05) is 17.3 Å². The summed E-state index contributed by atoms with van der Waals surface area (Å²) in [6, 6.07) is 0. The lowest BCUT2D eigenvalue weighted by Crippen LogP contribution is -1.96. The quantitative estimate of drug-likeness (QED) is 0.374. The Morgan fingerprint density at radius 2 is 2.25 bits per heavy atom. The summed E-state index contributed by atoms with van der Waals surface area (Å²) in [7, 11) is 2.72. The van der Waals surface area contributed by atoms with Gasteiger partial charge in [-0.25, -0.2) is 0 Å². The summed E-state index contributed by atoms with van der Waals surface area (Å²) in [6.07, 6.45) is 3.64. The zero-order valence-electron chi connectivity index (χ0n) is 7.19. The Balaban J connectivity index is 3.33. The zero-order chi connectivity index (χ0) is 9.23. The molecule has 12 heavy (non-hydrogen) atoms. The van der Waals surface area contributed by atoms with E-state index in [1.807, 2.05) is 11.5 Å². The fourth-order valence-corrected chi connectivity index (χ4v) is 2.59. The third kappa shape index (κ3) is 8.43. The fourth-order valence-electron chi connectivity index (χ4n) is 0.493. The molecule has 0 aliphatic rings. The molecule has 0 saturated carbocycles. The van der Waals surface area contributed by atoms with Crippen LogP contribution in [0.3, 0.4) is 0 Å². The average molecular weight is 222 g/mol. The minimum Gasteiger partial charge on any atom is -0.259 e. The molecule has 0 N–H and O–H groups in total. The molecule has 0 aliphatic heterocycles. The third-order valence-electron chi connectivity index (χ3n) is 0.924. The van der Waals surface area contributed by atoms with Gasteiger partial charge in [0.25, 0.3) is 0 Å². The van der Waals surface area contributed by atoms with Crippen LogP contribution < -0.4 is 0 Å². The second kappa shape index (κ2) is 9.42. The number of rotatable bonds is 7. The van der Waals surface area contributed by atoms with Gasteiger partial charge in [0.05, 0.1) is 0 Å². The largest absolute Gasteiger partial charge is 0.259 e. The summed E-state index contributed by atoms with van der Waals surface area (Å²) in [5, 5.41) is 2.00. The van der Waals surface area contributed by atoms with Crippen molar-refractivity contribution >= 4 is 32.4 Å². The van der Waals surface area contributed by atoms with Crippen LogP contribution >= 0.6 is 21.6 Å². The van der Waals surface area contributed by atoms with Crippen molar-refractivity contribution in [1.82, 2.24) is 0 Å². The summed E-state index contributed by atoms with van der Waals surface area (Å²) < 4.78 is 11.0. The highest BCUT2D eigenvalue weighted by atomic mass is 33.1. The molecule has 0 amide bonds. The van der Waals surface area contributed by atoms with E-state index < -0.39 is 10.8 Å². The lowest BCUT2D eigenvalue weighted by molar-refractivity contribution is 0.687. The second-order valence-corrected chi connectivity index (χ2v) is 6.04. The Hall–Kier alpha value is 0.330. The molecule has 0 radical (unpaired) electrons. The lowest BCUT2D eigenvalue weighted by atomic mass is 10.8. The highest BCUT2D eigenvalue weighted by Crippen LogP contribution is 2.21. The normalized spacial score (nSPS) is 13.4. The van der Waals surface area contributed by atoms with Gasteiger partial charge in [-0.1, -0.05) is 40.7 Å². The van der Waals surface area contributed by atoms with Crippen LogP contribution in [0.2, 0.25) is 0 Å². The van der Waals surface area contributed by atoms with Gasteiger partial charge in [-0.2, -0.15) is 0 Å². The van der Waals surface area contributed by atoms with Crippen LogP contribution in [0, 0.1) is 0 Å². The van der Waals surface area contributed by atoms with Gasteiger partial charge in [0.15, 0.2) is 0 Å². The van der Waals surface area contributed by atoms with Crippen LogP contribution in [0.15, 0.2) is 24.1 Å². The standard InChI is InChI=1S/C8H14OS3/c1-3-7-12(9)8-5-6-11-10-4-2/h3,5-6H,1,4,7-8H2,2H3/b6-5-. The fraction of sp³-hybridized carbons (Fsp3) is 0.500. The Morgan fingerprint density at radius 3 is 2.83 bits per heavy atom. The van der Waals surface area contributed by atoms with E-state index in [1.54, 1.807) is 27.7 Å². The smallest absolute Gasteiger partial charge is 0.0426 e. The van der Waals surface area contributed by atoms with Crippen LogP contribution in [0.4, 0.5) is 0 Å². The molecule has 1 atom stereocenters. The molecule has 4 heteroatoms. The van der Waals surface area contributed by atoms with Crippen molar-refractivity contribution in [2.24, 2.45) is 0 Å². The van der Waals surface area contributed by atoms with Gasteiger partial charge in [0.1, 0.15) is 0 Å². The second-order valence-electron chi connectivity index (χ2n) is 1.94. The van der Waals surface area contributed by atoms with E-state index in [9.17, 15) is 4.21 Å². The summed E-state index contributed by atoms with van der Waals surface area (Å²) in [6.45, 7) is 5.64. The maximum Gasteiger partial charge on any atom is 0.0426 e. The van der Waals surface area contributed by atoms with E-state index in [0.29, 0.717) is 11.5 Å². The van der Waals surface area contributed by atoms with Crippen molar-refractivity contribution in [3.05, 3.63) is 24.1 Å². The van der Waals surface area contributed by atoms with Gasteiger partial charge < -0.3 is 0 Å². The van der Waals surface area contributed by atoms with Gasteiger partial charge in [0, 0.05) is 28.1 Å². The van der Waals surface area contributed by atoms with Crippen LogP contribution in [0.5, 0.6) is 0 Å². The summed E-state index contributed by atoms with van der Waals surface area (Å²) >= 11 is 0. The first-order chi connectivity index (χ1) is 5.81.